The van der Waals surface area contributed by atoms with Crippen molar-refractivity contribution < 1.29 is 14.3 Å². The minimum Gasteiger partial charge on any atom is -0.479 e. The number of hydrogen-bond acceptors (Lipinski definition) is 4. The van der Waals surface area contributed by atoms with Gasteiger partial charge in [0.2, 0.25) is 5.88 Å². The lowest BCUT2D eigenvalue weighted by Crippen LogP contribution is -2.06. The van der Waals surface area contributed by atoms with Crippen molar-refractivity contribution in [1.29, 1.82) is 0 Å². The molecular weight excluding hydrogens is 312 g/mol. The van der Waals surface area contributed by atoms with Crippen molar-refractivity contribution in [2.75, 3.05) is 13.7 Å². The number of nitrogens with one attached hydrogen (secondary N) is 1. The van der Waals surface area contributed by atoms with E-state index in [0.29, 0.717) is 23.7 Å². The molecule has 0 aliphatic rings. The lowest BCUT2D eigenvalue weighted by Gasteiger charge is -2.01. The Kier molecular flexibility index (Phi) is 4.42. The van der Waals surface area contributed by atoms with E-state index in [0.717, 1.165) is 22.7 Å². The van der Waals surface area contributed by atoms with Crippen LogP contribution in [0.25, 0.3) is 10.9 Å². The fourth-order valence-corrected chi connectivity index (χ4v) is 2.13. The Morgan fingerprint density at radius 1 is 1.53 bits per heavy atom. The van der Waals surface area contributed by atoms with Crippen LogP contribution in [0.15, 0.2) is 16.7 Å². The molecule has 19 heavy (non-hydrogen) atoms. The fraction of sp³-hybridized carbons (Fsp3) is 0.385. The molecule has 2 rings (SSSR count). The van der Waals surface area contributed by atoms with E-state index in [-0.39, 0.29) is 5.97 Å². The third-order valence-corrected chi connectivity index (χ3v) is 3.36. The summed E-state index contributed by atoms with van der Waals surface area (Å²) in [6, 6.07) is 1.73. The van der Waals surface area contributed by atoms with Gasteiger partial charge in [-0.15, -0.1) is 0 Å². The molecule has 0 saturated heterocycles. The van der Waals surface area contributed by atoms with Gasteiger partial charge in [-0.05, 0) is 28.4 Å². The molecule has 0 fully saturated rings. The van der Waals surface area contributed by atoms with E-state index in [9.17, 15) is 4.79 Å². The summed E-state index contributed by atoms with van der Waals surface area (Å²) in [5.74, 6) is 0.0874. The van der Waals surface area contributed by atoms with E-state index in [1.807, 2.05) is 6.92 Å². The van der Waals surface area contributed by atoms with Gasteiger partial charge in [-0.1, -0.05) is 13.3 Å². The van der Waals surface area contributed by atoms with E-state index in [1.165, 1.54) is 7.11 Å². The summed E-state index contributed by atoms with van der Waals surface area (Å²) in [6.45, 7) is 2.48. The van der Waals surface area contributed by atoms with Crippen LogP contribution in [-0.4, -0.2) is 29.7 Å². The first-order valence-electron chi connectivity index (χ1n) is 6.05. The minimum atomic E-state index is -0.362. The van der Waals surface area contributed by atoms with E-state index >= 15 is 0 Å². The van der Waals surface area contributed by atoms with Gasteiger partial charge in [0.05, 0.1) is 13.7 Å². The minimum absolute atomic E-state index is 0.362. The lowest BCUT2D eigenvalue weighted by atomic mass is 10.3. The van der Waals surface area contributed by atoms with Crippen LogP contribution in [0, 0.1) is 0 Å². The number of ether oxygens (including phenoxy) is 2. The van der Waals surface area contributed by atoms with E-state index in [2.05, 4.69) is 25.9 Å². The molecule has 0 spiro atoms. The molecule has 0 aromatic carbocycles. The summed E-state index contributed by atoms with van der Waals surface area (Å²) in [5.41, 5.74) is 1.08. The van der Waals surface area contributed by atoms with E-state index < -0.39 is 0 Å². The standard InChI is InChI=1S/C13H15BrN2O3/c1-3-4-5-19-13(17)10-6-8-9(14)7-15-12(18-2)11(8)16-10/h6-7,16H,3-5H2,1-2H3. The maximum absolute atomic E-state index is 11.9. The second kappa shape index (κ2) is 6.06. The molecule has 2 heterocycles. The molecule has 6 heteroatoms. The zero-order valence-corrected chi connectivity index (χ0v) is 12.4. The van der Waals surface area contributed by atoms with Crippen LogP contribution >= 0.6 is 15.9 Å². The number of unbranched alkanes of at least 4 members (excludes halogenated alkanes) is 1. The Balaban J connectivity index is 2.30. The zero-order valence-electron chi connectivity index (χ0n) is 10.8. The summed E-state index contributed by atoms with van der Waals surface area (Å²) in [7, 11) is 1.54. The van der Waals surface area contributed by atoms with Gasteiger partial charge < -0.3 is 14.5 Å². The molecule has 0 atom stereocenters. The summed E-state index contributed by atoms with van der Waals surface area (Å²) < 4.78 is 11.1. The number of esters is 1. The number of fused-ring (bicyclic) bond motifs is 1. The van der Waals surface area contributed by atoms with Crippen LogP contribution in [0.1, 0.15) is 30.3 Å². The molecule has 2 aromatic heterocycles. The Labute approximate surface area is 119 Å². The topological polar surface area (TPSA) is 64.2 Å². The third-order valence-electron chi connectivity index (χ3n) is 2.73. The van der Waals surface area contributed by atoms with Gasteiger partial charge in [0, 0.05) is 16.1 Å². The normalized spacial score (nSPS) is 10.7. The predicted octanol–water partition coefficient (Wildman–Crippen LogP) is 3.29. The number of H-pyrrole nitrogens is 1. The van der Waals surface area contributed by atoms with Crippen molar-refractivity contribution in [1.82, 2.24) is 9.97 Å². The molecule has 0 unspecified atom stereocenters. The summed E-state index contributed by atoms with van der Waals surface area (Å²) in [4.78, 5) is 19.0. The van der Waals surface area contributed by atoms with Crippen molar-refractivity contribution in [3.8, 4) is 5.88 Å². The Morgan fingerprint density at radius 2 is 2.32 bits per heavy atom. The molecule has 1 N–H and O–H groups in total. The van der Waals surface area contributed by atoms with Crippen LogP contribution in [0.5, 0.6) is 5.88 Å². The van der Waals surface area contributed by atoms with Gasteiger partial charge in [-0.25, -0.2) is 9.78 Å². The molecule has 5 nitrogen and oxygen atoms in total. The first-order chi connectivity index (χ1) is 9.17. The second-order valence-electron chi connectivity index (χ2n) is 4.08. The summed E-state index contributed by atoms with van der Waals surface area (Å²) in [5, 5.41) is 0.842. The highest BCUT2D eigenvalue weighted by atomic mass is 79.9. The molecule has 0 radical (unpaired) electrons. The number of hydrogen-bond donors (Lipinski definition) is 1. The largest absolute Gasteiger partial charge is 0.479 e. The molecule has 0 aliphatic heterocycles. The van der Waals surface area contributed by atoms with Crippen LogP contribution < -0.4 is 4.74 Å². The fourth-order valence-electron chi connectivity index (χ4n) is 1.71. The number of carbonyl (C=O) groups is 1. The Morgan fingerprint density at radius 3 is 3.00 bits per heavy atom. The first-order valence-corrected chi connectivity index (χ1v) is 6.85. The van der Waals surface area contributed by atoms with Crippen molar-refractivity contribution in [2.24, 2.45) is 0 Å². The predicted molar refractivity (Wildman–Crippen MR) is 75.5 cm³/mol. The summed E-state index contributed by atoms with van der Waals surface area (Å²) >= 11 is 3.40. The average molecular weight is 327 g/mol. The quantitative estimate of drug-likeness (QED) is 0.676. The van der Waals surface area contributed by atoms with Gasteiger partial charge in [0.15, 0.2) is 0 Å². The highest BCUT2D eigenvalue weighted by Crippen LogP contribution is 2.29. The second-order valence-corrected chi connectivity index (χ2v) is 4.93. The number of halogens is 1. The molecular formula is C13H15BrN2O3. The molecule has 0 aliphatic carbocycles. The maximum atomic E-state index is 11.9. The van der Waals surface area contributed by atoms with Crippen LogP contribution in [0.4, 0.5) is 0 Å². The van der Waals surface area contributed by atoms with Crippen LogP contribution in [-0.2, 0) is 4.74 Å². The zero-order chi connectivity index (χ0) is 13.8. The number of aromatic nitrogens is 2. The highest BCUT2D eigenvalue weighted by Gasteiger charge is 2.15. The van der Waals surface area contributed by atoms with Gasteiger partial charge in [-0.3, -0.25) is 0 Å². The monoisotopic (exact) mass is 326 g/mol. The smallest absolute Gasteiger partial charge is 0.354 e. The molecule has 2 aromatic rings. The third kappa shape index (κ3) is 2.89. The molecule has 102 valence electrons. The van der Waals surface area contributed by atoms with E-state index in [1.54, 1.807) is 12.3 Å². The number of carbonyl (C=O) groups excluding carboxylic acids is 1. The SMILES string of the molecule is CCCCOC(=O)c1cc2c(Br)cnc(OC)c2[nH]1. The Hall–Kier alpha value is -1.56. The molecule has 0 bridgehead atoms. The van der Waals surface area contributed by atoms with E-state index in [4.69, 9.17) is 9.47 Å². The van der Waals surface area contributed by atoms with Gasteiger partial charge in [0.25, 0.3) is 0 Å². The van der Waals surface area contributed by atoms with Crippen molar-refractivity contribution >= 4 is 32.8 Å². The molecule has 0 amide bonds. The Bertz CT molecular complexity index is 595. The van der Waals surface area contributed by atoms with Gasteiger partial charge in [-0.2, -0.15) is 0 Å². The molecule has 0 saturated carbocycles. The highest BCUT2D eigenvalue weighted by molar-refractivity contribution is 9.10. The van der Waals surface area contributed by atoms with Crippen molar-refractivity contribution in [3.63, 3.8) is 0 Å². The number of aromatic amines is 1. The van der Waals surface area contributed by atoms with Crippen LogP contribution in [0.2, 0.25) is 0 Å². The van der Waals surface area contributed by atoms with Crippen LogP contribution in [0.3, 0.4) is 0 Å². The van der Waals surface area contributed by atoms with Gasteiger partial charge >= 0.3 is 5.97 Å². The average Bonchev–Trinajstić information content (AvgIpc) is 2.85. The van der Waals surface area contributed by atoms with Crippen molar-refractivity contribution in [3.05, 3.63) is 22.4 Å². The number of nitrogens with zero attached hydrogens (tertiary/aromatic N) is 1. The number of pyridine rings is 1. The lowest BCUT2D eigenvalue weighted by molar-refractivity contribution is 0.0494. The number of rotatable bonds is 5. The first kappa shape index (κ1) is 13.9. The van der Waals surface area contributed by atoms with Gasteiger partial charge in [0.1, 0.15) is 11.2 Å². The van der Waals surface area contributed by atoms with Crippen molar-refractivity contribution in [2.45, 2.75) is 19.8 Å². The summed E-state index contributed by atoms with van der Waals surface area (Å²) in [6.07, 6.45) is 3.49. The maximum Gasteiger partial charge on any atom is 0.354 e. The number of methoxy groups -OCH3 is 1.